The van der Waals surface area contributed by atoms with Gasteiger partial charge in [-0.2, -0.15) is 0 Å². The molecule has 0 saturated carbocycles. The van der Waals surface area contributed by atoms with Gasteiger partial charge in [0.1, 0.15) is 11.3 Å². The van der Waals surface area contributed by atoms with Crippen LogP contribution in [0.3, 0.4) is 0 Å². The lowest BCUT2D eigenvalue weighted by Gasteiger charge is -2.07. The van der Waals surface area contributed by atoms with Crippen molar-refractivity contribution >= 4 is 16.7 Å². The third-order valence-electron chi connectivity index (χ3n) is 3.57. The smallest absolute Gasteiger partial charge is 0.280 e. The van der Waals surface area contributed by atoms with Crippen molar-refractivity contribution in [3.8, 4) is 11.3 Å². The molecule has 0 amide bonds. The van der Waals surface area contributed by atoms with Crippen LogP contribution in [0.5, 0.6) is 0 Å². The number of nitrogens with zero attached hydrogens (tertiary/aromatic N) is 1. The molecule has 3 rings (SSSR count). The molecule has 0 aliphatic rings. The Hall–Kier alpha value is -3.21. The first-order valence-corrected chi connectivity index (χ1v) is 7.02. The molecular weight excluding hydrogens is 294 g/mol. The summed E-state index contributed by atoms with van der Waals surface area (Å²) in [5.41, 5.74) is 1.20. The van der Waals surface area contributed by atoms with Crippen molar-refractivity contribution in [2.45, 2.75) is 6.42 Å². The highest BCUT2D eigenvalue weighted by Crippen LogP contribution is 2.31. The van der Waals surface area contributed by atoms with Crippen molar-refractivity contribution in [2.75, 3.05) is 0 Å². The van der Waals surface area contributed by atoms with Gasteiger partial charge in [-0.1, -0.05) is 30.3 Å². The number of nitro groups is 1. The quantitative estimate of drug-likeness (QED) is 0.413. The number of para-hydroxylation sites is 2. The van der Waals surface area contributed by atoms with Crippen molar-refractivity contribution in [3.63, 3.8) is 0 Å². The molecule has 0 atom stereocenters. The number of hydrogen-bond acceptors (Lipinski definition) is 4. The number of rotatable bonds is 4. The molecule has 1 heterocycles. The Morgan fingerprint density at radius 2 is 1.96 bits per heavy atom. The topological polar surface area (TPSA) is 73.3 Å². The molecule has 0 aliphatic heterocycles. The van der Waals surface area contributed by atoms with Crippen molar-refractivity contribution in [1.29, 1.82) is 0 Å². The SMILES string of the molecule is C=CCc1cccc2c(=O)cc(-c3ccccc3[N+](=O)[O-])oc12. The molecule has 0 spiro atoms. The summed E-state index contributed by atoms with van der Waals surface area (Å²) in [6.45, 7) is 3.69. The molecule has 0 radical (unpaired) electrons. The van der Waals surface area contributed by atoms with E-state index in [0.717, 1.165) is 5.56 Å². The summed E-state index contributed by atoms with van der Waals surface area (Å²) < 4.78 is 5.85. The van der Waals surface area contributed by atoms with Gasteiger partial charge in [0.15, 0.2) is 5.43 Å². The number of benzene rings is 2. The molecule has 2 aromatic carbocycles. The second-order valence-corrected chi connectivity index (χ2v) is 5.04. The van der Waals surface area contributed by atoms with E-state index in [2.05, 4.69) is 6.58 Å². The van der Waals surface area contributed by atoms with Gasteiger partial charge in [-0.15, -0.1) is 6.58 Å². The minimum absolute atomic E-state index is 0.101. The monoisotopic (exact) mass is 307 g/mol. The molecule has 0 aliphatic carbocycles. The van der Waals surface area contributed by atoms with Crippen LogP contribution >= 0.6 is 0 Å². The van der Waals surface area contributed by atoms with E-state index in [9.17, 15) is 14.9 Å². The highest BCUT2D eigenvalue weighted by atomic mass is 16.6. The zero-order valence-electron chi connectivity index (χ0n) is 12.2. The van der Waals surface area contributed by atoms with E-state index in [1.165, 1.54) is 12.1 Å². The third-order valence-corrected chi connectivity index (χ3v) is 3.57. The van der Waals surface area contributed by atoms with Crippen molar-refractivity contribution < 1.29 is 9.34 Å². The average Bonchev–Trinajstić information content (AvgIpc) is 2.55. The van der Waals surface area contributed by atoms with Gasteiger partial charge in [-0.3, -0.25) is 14.9 Å². The zero-order chi connectivity index (χ0) is 16.4. The molecule has 0 bridgehead atoms. The van der Waals surface area contributed by atoms with Gasteiger partial charge in [0.2, 0.25) is 0 Å². The van der Waals surface area contributed by atoms with Crippen LogP contribution in [-0.4, -0.2) is 4.92 Å². The van der Waals surface area contributed by atoms with E-state index in [4.69, 9.17) is 4.42 Å². The summed E-state index contributed by atoms with van der Waals surface area (Å²) in [7, 11) is 0. The molecule has 5 nitrogen and oxygen atoms in total. The van der Waals surface area contributed by atoms with Gasteiger partial charge in [-0.05, 0) is 24.1 Å². The lowest BCUT2D eigenvalue weighted by Crippen LogP contribution is -2.02. The lowest BCUT2D eigenvalue weighted by atomic mass is 10.1. The first-order valence-electron chi connectivity index (χ1n) is 7.02. The van der Waals surface area contributed by atoms with Gasteiger partial charge < -0.3 is 4.42 Å². The van der Waals surface area contributed by atoms with Crippen molar-refractivity contribution in [1.82, 2.24) is 0 Å². The van der Waals surface area contributed by atoms with Gasteiger partial charge >= 0.3 is 0 Å². The molecule has 0 saturated heterocycles. The lowest BCUT2D eigenvalue weighted by molar-refractivity contribution is -0.384. The first kappa shape index (κ1) is 14.7. The van der Waals surface area contributed by atoms with Crippen molar-refractivity contribution in [3.05, 3.63) is 87.1 Å². The highest BCUT2D eigenvalue weighted by molar-refractivity contribution is 5.82. The summed E-state index contributed by atoms with van der Waals surface area (Å²) in [5.74, 6) is 0.186. The normalized spacial score (nSPS) is 10.6. The summed E-state index contributed by atoms with van der Waals surface area (Å²) in [6.07, 6.45) is 2.26. The Balaban J connectivity index is 2.32. The second-order valence-electron chi connectivity index (χ2n) is 5.04. The van der Waals surface area contributed by atoms with E-state index in [0.29, 0.717) is 17.4 Å². The predicted octanol–water partition coefficient (Wildman–Crippen LogP) is 4.10. The van der Waals surface area contributed by atoms with Crippen LogP contribution < -0.4 is 5.43 Å². The summed E-state index contributed by atoms with van der Waals surface area (Å²) >= 11 is 0. The Kier molecular flexibility index (Phi) is 3.76. The molecule has 1 aromatic heterocycles. The highest BCUT2D eigenvalue weighted by Gasteiger charge is 2.18. The number of hydrogen-bond donors (Lipinski definition) is 0. The van der Waals surface area contributed by atoms with Crippen LogP contribution in [0.2, 0.25) is 0 Å². The van der Waals surface area contributed by atoms with Crippen molar-refractivity contribution in [2.24, 2.45) is 0 Å². The summed E-state index contributed by atoms with van der Waals surface area (Å²) in [6, 6.07) is 12.8. The summed E-state index contributed by atoms with van der Waals surface area (Å²) in [4.78, 5) is 23.0. The fraction of sp³-hybridized carbons (Fsp3) is 0.0556. The van der Waals surface area contributed by atoms with Gasteiger partial charge in [0, 0.05) is 12.1 Å². The molecule has 3 aromatic rings. The Labute approximate surface area is 131 Å². The molecule has 0 N–H and O–H groups in total. The fourth-order valence-corrected chi connectivity index (χ4v) is 2.53. The number of fused-ring (bicyclic) bond motifs is 1. The molecule has 5 heteroatoms. The zero-order valence-corrected chi connectivity index (χ0v) is 12.2. The Morgan fingerprint density at radius 3 is 2.70 bits per heavy atom. The van der Waals surface area contributed by atoms with E-state index in [-0.39, 0.29) is 22.4 Å². The molecule has 0 fully saturated rings. The first-order chi connectivity index (χ1) is 11.1. The maximum atomic E-state index is 12.4. The number of allylic oxidation sites excluding steroid dienone is 1. The second kappa shape index (κ2) is 5.88. The van der Waals surface area contributed by atoms with Crippen LogP contribution in [0.25, 0.3) is 22.3 Å². The number of nitro benzene ring substituents is 1. The maximum absolute atomic E-state index is 12.4. The van der Waals surface area contributed by atoms with Crippen LogP contribution in [0, 0.1) is 10.1 Å². The molecule has 23 heavy (non-hydrogen) atoms. The van der Waals surface area contributed by atoms with E-state index in [1.807, 2.05) is 6.07 Å². The minimum atomic E-state index is -0.491. The molecule has 114 valence electrons. The van der Waals surface area contributed by atoms with E-state index < -0.39 is 4.92 Å². The third kappa shape index (κ3) is 2.64. The predicted molar refractivity (Wildman–Crippen MR) is 88.5 cm³/mol. The summed E-state index contributed by atoms with van der Waals surface area (Å²) in [5, 5.41) is 11.6. The molecule has 0 unspecified atom stereocenters. The minimum Gasteiger partial charge on any atom is -0.455 e. The standard InChI is InChI=1S/C18H13NO4/c1-2-6-12-7-5-9-14-16(20)11-17(23-18(12)14)13-8-3-4-10-15(13)19(21)22/h2-5,7-11H,1,6H2. The largest absolute Gasteiger partial charge is 0.455 e. The van der Waals surface area contributed by atoms with Crippen LogP contribution in [0.1, 0.15) is 5.56 Å². The van der Waals surface area contributed by atoms with Crippen LogP contribution in [0.15, 0.2) is 70.4 Å². The Morgan fingerprint density at radius 1 is 1.17 bits per heavy atom. The van der Waals surface area contributed by atoms with Gasteiger partial charge in [-0.25, -0.2) is 0 Å². The van der Waals surface area contributed by atoms with Crippen LogP contribution in [-0.2, 0) is 6.42 Å². The van der Waals surface area contributed by atoms with E-state index in [1.54, 1.807) is 36.4 Å². The Bertz CT molecular complexity index is 972. The van der Waals surface area contributed by atoms with Crippen LogP contribution in [0.4, 0.5) is 5.69 Å². The van der Waals surface area contributed by atoms with Gasteiger partial charge in [0.25, 0.3) is 5.69 Å². The molecular formula is C18H13NO4. The average molecular weight is 307 g/mol. The fourth-order valence-electron chi connectivity index (χ4n) is 2.53. The maximum Gasteiger partial charge on any atom is 0.280 e. The van der Waals surface area contributed by atoms with Gasteiger partial charge in [0.05, 0.1) is 15.9 Å². The van der Waals surface area contributed by atoms with E-state index >= 15 is 0 Å².